The molecule has 1 aromatic carbocycles. The van der Waals surface area contributed by atoms with Gasteiger partial charge in [-0.05, 0) is 25.3 Å². The fraction of sp³-hybridized carbons (Fsp3) is 0.353. The van der Waals surface area contributed by atoms with E-state index in [1.807, 2.05) is 13.2 Å². The van der Waals surface area contributed by atoms with Crippen molar-refractivity contribution in [3.8, 4) is 0 Å². The molecular weight excluding hydrogens is 274 g/mol. The lowest BCUT2D eigenvalue weighted by Gasteiger charge is -2.26. The van der Waals surface area contributed by atoms with Crippen LogP contribution in [0.3, 0.4) is 0 Å². The fourth-order valence-electron chi connectivity index (χ4n) is 3.42. The van der Waals surface area contributed by atoms with Crippen molar-refractivity contribution in [3.63, 3.8) is 0 Å². The summed E-state index contributed by atoms with van der Waals surface area (Å²) in [6, 6.07) is 9.17. The molecule has 4 rings (SSSR count). The van der Waals surface area contributed by atoms with Crippen molar-refractivity contribution in [1.82, 2.24) is 19.7 Å². The van der Waals surface area contributed by atoms with Crippen LogP contribution in [-0.2, 0) is 7.05 Å². The topological polar surface area (TPSA) is 46.8 Å². The van der Waals surface area contributed by atoms with Crippen molar-refractivity contribution >= 4 is 16.9 Å². The smallest absolute Gasteiger partial charge is 0.163 e. The molecule has 0 bridgehead atoms. The number of nitrogens with zero attached hydrogens (tertiary/aromatic N) is 5. The number of aryl methyl sites for hydroxylation is 2. The van der Waals surface area contributed by atoms with Gasteiger partial charge in [0.15, 0.2) is 5.65 Å². The minimum absolute atomic E-state index is 0.387. The molecule has 22 heavy (non-hydrogen) atoms. The molecule has 3 heterocycles. The zero-order chi connectivity index (χ0) is 15.1. The molecule has 0 amide bonds. The highest BCUT2D eigenvalue weighted by Crippen LogP contribution is 2.37. The van der Waals surface area contributed by atoms with Crippen LogP contribution in [0.2, 0.25) is 0 Å². The molecule has 0 aliphatic carbocycles. The standard InChI is InChI=1S/C17H19N5/c1-12-5-3-6-13(9-12)15-7-4-8-22(15)17-14-10-20-21(2)16(14)18-11-19-17/h3,5-6,9-11,15H,4,7-8H2,1-2H3. The first-order chi connectivity index (χ1) is 10.7. The first kappa shape index (κ1) is 13.2. The van der Waals surface area contributed by atoms with E-state index >= 15 is 0 Å². The maximum absolute atomic E-state index is 4.56. The Labute approximate surface area is 129 Å². The summed E-state index contributed by atoms with van der Waals surface area (Å²) in [5, 5.41) is 5.36. The molecule has 1 saturated heterocycles. The first-order valence-corrected chi connectivity index (χ1v) is 7.70. The van der Waals surface area contributed by atoms with Crippen molar-refractivity contribution < 1.29 is 0 Å². The Bertz CT molecular complexity index is 823. The lowest BCUT2D eigenvalue weighted by atomic mass is 10.0. The highest BCUT2D eigenvalue weighted by molar-refractivity contribution is 5.87. The Hall–Kier alpha value is -2.43. The number of rotatable bonds is 2. The van der Waals surface area contributed by atoms with Gasteiger partial charge in [0.25, 0.3) is 0 Å². The maximum atomic E-state index is 4.56. The van der Waals surface area contributed by atoms with Crippen LogP contribution in [0.15, 0.2) is 36.8 Å². The Morgan fingerprint density at radius 2 is 2.14 bits per heavy atom. The highest BCUT2D eigenvalue weighted by atomic mass is 15.3. The average molecular weight is 293 g/mol. The third-order valence-corrected chi connectivity index (χ3v) is 4.46. The van der Waals surface area contributed by atoms with E-state index in [-0.39, 0.29) is 0 Å². The van der Waals surface area contributed by atoms with E-state index in [9.17, 15) is 0 Å². The first-order valence-electron chi connectivity index (χ1n) is 7.70. The van der Waals surface area contributed by atoms with E-state index in [1.165, 1.54) is 17.5 Å². The van der Waals surface area contributed by atoms with Crippen LogP contribution in [0.4, 0.5) is 5.82 Å². The quantitative estimate of drug-likeness (QED) is 0.728. The fourth-order valence-corrected chi connectivity index (χ4v) is 3.42. The van der Waals surface area contributed by atoms with Gasteiger partial charge in [-0.15, -0.1) is 0 Å². The Morgan fingerprint density at radius 3 is 3.00 bits per heavy atom. The summed E-state index contributed by atoms with van der Waals surface area (Å²) in [7, 11) is 1.92. The van der Waals surface area contributed by atoms with Gasteiger partial charge in [-0.3, -0.25) is 4.68 Å². The van der Waals surface area contributed by atoms with Gasteiger partial charge in [-0.2, -0.15) is 5.10 Å². The molecule has 0 spiro atoms. The molecule has 1 fully saturated rings. The zero-order valence-corrected chi connectivity index (χ0v) is 12.9. The summed E-state index contributed by atoms with van der Waals surface area (Å²) in [4.78, 5) is 11.3. The molecule has 5 nitrogen and oxygen atoms in total. The van der Waals surface area contributed by atoms with Crippen LogP contribution in [-0.4, -0.2) is 26.3 Å². The van der Waals surface area contributed by atoms with Crippen molar-refractivity contribution in [2.24, 2.45) is 7.05 Å². The van der Waals surface area contributed by atoms with Crippen molar-refractivity contribution in [1.29, 1.82) is 0 Å². The molecule has 3 aromatic rings. The van der Waals surface area contributed by atoms with Crippen molar-refractivity contribution in [2.45, 2.75) is 25.8 Å². The van der Waals surface area contributed by atoms with E-state index in [2.05, 4.69) is 51.2 Å². The van der Waals surface area contributed by atoms with Crippen LogP contribution >= 0.6 is 0 Å². The van der Waals surface area contributed by atoms with E-state index in [0.717, 1.165) is 29.8 Å². The molecule has 2 aromatic heterocycles. The third kappa shape index (κ3) is 2.04. The summed E-state index contributed by atoms with van der Waals surface area (Å²) in [6.07, 6.45) is 5.86. The molecule has 112 valence electrons. The average Bonchev–Trinajstić information content (AvgIpc) is 3.14. The van der Waals surface area contributed by atoms with Crippen molar-refractivity contribution in [2.75, 3.05) is 11.4 Å². The second-order valence-electron chi connectivity index (χ2n) is 5.97. The van der Waals surface area contributed by atoms with Crippen LogP contribution < -0.4 is 4.90 Å². The van der Waals surface area contributed by atoms with E-state index in [1.54, 1.807) is 11.0 Å². The van der Waals surface area contributed by atoms with E-state index in [4.69, 9.17) is 0 Å². The van der Waals surface area contributed by atoms with Crippen molar-refractivity contribution in [3.05, 3.63) is 47.9 Å². The van der Waals surface area contributed by atoms with Gasteiger partial charge < -0.3 is 4.90 Å². The number of hydrogen-bond donors (Lipinski definition) is 0. The molecule has 1 atom stereocenters. The minimum atomic E-state index is 0.387. The molecular formula is C17H19N5. The SMILES string of the molecule is Cc1cccc(C2CCCN2c2ncnc3c2cnn3C)c1. The second kappa shape index (κ2) is 5.09. The van der Waals surface area contributed by atoms with Gasteiger partial charge in [0.1, 0.15) is 12.1 Å². The van der Waals surface area contributed by atoms with E-state index in [0.29, 0.717) is 6.04 Å². The Balaban J connectivity index is 1.80. The predicted molar refractivity (Wildman–Crippen MR) is 86.8 cm³/mol. The molecule has 0 radical (unpaired) electrons. The number of fused-ring (bicyclic) bond motifs is 1. The minimum Gasteiger partial charge on any atom is -0.349 e. The zero-order valence-electron chi connectivity index (χ0n) is 12.9. The monoisotopic (exact) mass is 293 g/mol. The second-order valence-corrected chi connectivity index (χ2v) is 5.97. The molecule has 0 N–H and O–H groups in total. The summed E-state index contributed by atoms with van der Waals surface area (Å²) >= 11 is 0. The van der Waals surface area contributed by atoms with Crippen LogP contribution in [0.1, 0.15) is 30.0 Å². The Morgan fingerprint density at radius 1 is 1.23 bits per heavy atom. The van der Waals surface area contributed by atoms with Gasteiger partial charge in [0.05, 0.1) is 17.6 Å². The third-order valence-electron chi connectivity index (χ3n) is 4.46. The summed E-state index contributed by atoms with van der Waals surface area (Å²) < 4.78 is 1.80. The summed E-state index contributed by atoms with van der Waals surface area (Å²) in [5.74, 6) is 1.00. The lowest BCUT2D eigenvalue weighted by molar-refractivity contribution is 0.712. The van der Waals surface area contributed by atoms with Gasteiger partial charge in [-0.25, -0.2) is 9.97 Å². The Kier molecular flexibility index (Phi) is 3.06. The number of hydrogen-bond acceptors (Lipinski definition) is 4. The number of aromatic nitrogens is 4. The van der Waals surface area contributed by atoms with Crippen LogP contribution in [0.25, 0.3) is 11.0 Å². The van der Waals surface area contributed by atoms with Gasteiger partial charge in [0, 0.05) is 13.6 Å². The summed E-state index contributed by atoms with van der Waals surface area (Å²) in [5.41, 5.74) is 3.56. The molecule has 1 aliphatic heterocycles. The predicted octanol–water partition coefficient (Wildman–Crippen LogP) is 3.01. The summed E-state index contributed by atoms with van der Waals surface area (Å²) in [6.45, 7) is 3.17. The largest absolute Gasteiger partial charge is 0.349 e. The van der Waals surface area contributed by atoms with Crippen LogP contribution in [0, 0.1) is 6.92 Å². The van der Waals surface area contributed by atoms with Gasteiger partial charge >= 0.3 is 0 Å². The normalized spacial score (nSPS) is 18.3. The van der Waals surface area contributed by atoms with E-state index < -0.39 is 0 Å². The van der Waals surface area contributed by atoms with Gasteiger partial charge in [0.2, 0.25) is 0 Å². The number of anilines is 1. The van der Waals surface area contributed by atoms with Gasteiger partial charge in [-0.1, -0.05) is 29.8 Å². The highest BCUT2D eigenvalue weighted by Gasteiger charge is 2.29. The molecule has 5 heteroatoms. The molecule has 0 saturated carbocycles. The lowest BCUT2D eigenvalue weighted by Crippen LogP contribution is -2.24. The maximum Gasteiger partial charge on any atom is 0.163 e. The molecule has 1 aliphatic rings. The molecule has 1 unspecified atom stereocenters. The van der Waals surface area contributed by atoms with Crippen LogP contribution in [0.5, 0.6) is 0 Å². The number of benzene rings is 1.